The van der Waals surface area contributed by atoms with Crippen LogP contribution in [0.25, 0.3) is 32.9 Å². The van der Waals surface area contributed by atoms with E-state index in [2.05, 4.69) is 16.4 Å². The van der Waals surface area contributed by atoms with Crippen molar-refractivity contribution in [3.8, 4) is 22.0 Å². The van der Waals surface area contributed by atoms with Crippen LogP contribution in [-0.2, 0) is 25.3 Å². The van der Waals surface area contributed by atoms with Crippen LogP contribution in [0.2, 0.25) is 0 Å². The maximum atomic E-state index is 12.9. The number of para-hydroxylation sites is 1. The van der Waals surface area contributed by atoms with E-state index in [0.29, 0.717) is 11.6 Å². The summed E-state index contributed by atoms with van der Waals surface area (Å²) in [7, 11) is 3.95. The molecule has 0 unspecified atom stereocenters. The summed E-state index contributed by atoms with van der Waals surface area (Å²) in [6, 6.07) is 18.1. The molecule has 0 spiro atoms. The molecule has 6 nitrogen and oxygen atoms in total. The van der Waals surface area contributed by atoms with E-state index in [1.807, 2.05) is 84.2 Å². The minimum Gasteiger partial charge on any atom is -0.350 e. The number of carbonyl (C=O) groups excluding carboxylic acids is 1. The van der Waals surface area contributed by atoms with Crippen LogP contribution in [0.3, 0.4) is 0 Å². The third-order valence-corrected chi connectivity index (χ3v) is 6.24. The van der Waals surface area contributed by atoms with Crippen molar-refractivity contribution in [3.63, 3.8) is 0 Å². The van der Waals surface area contributed by atoms with E-state index in [9.17, 15) is 4.79 Å². The molecule has 3 heterocycles. The Kier molecular flexibility index (Phi) is 4.88. The summed E-state index contributed by atoms with van der Waals surface area (Å²) in [5.41, 5.74) is 3.93. The summed E-state index contributed by atoms with van der Waals surface area (Å²) in [5.74, 6) is 0.738. The summed E-state index contributed by atoms with van der Waals surface area (Å²) in [6.45, 7) is 0. The number of nitrogens with zero attached hydrogens (tertiary/aromatic N) is 4. The third kappa shape index (κ3) is 3.64. The molecule has 2 aromatic carbocycles. The Morgan fingerprint density at radius 2 is 1.81 bits per heavy atom. The number of thiazole rings is 1. The third-order valence-electron chi connectivity index (χ3n) is 5.28. The van der Waals surface area contributed by atoms with E-state index >= 15 is 0 Å². The standard InChI is InChI=1S/C24H21N5OS/c1-28-13-12-25-23(28)22-21(16-8-4-3-5-9-16)27-24(31-22)26-20(30)14-17-15-29(2)19-11-7-6-10-18(17)19/h3-13,15H,14H2,1-2H3,(H,26,27,30). The lowest BCUT2D eigenvalue weighted by Crippen LogP contribution is -2.14. The van der Waals surface area contributed by atoms with Gasteiger partial charge in [0.15, 0.2) is 11.0 Å². The molecule has 3 aromatic heterocycles. The number of amides is 1. The Balaban J connectivity index is 1.46. The maximum Gasteiger partial charge on any atom is 0.230 e. The molecule has 1 N–H and O–H groups in total. The number of nitrogens with one attached hydrogen (secondary N) is 1. The first-order valence-corrected chi connectivity index (χ1v) is 10.8. The van der Waals surface area contributed by atoms with Crippen LogP contribution in [-0.4, -0.2) is 25.0 Å². The van der Waals surface area contributed by atoms with E-state index in [0.717, 1.165) is 38.4 Å². The van der Waals surface area contributed by atoms with Crippen molar-refractivity contribution in [1.82, 2.24) is 19.1 Å². The van der Waals surface area contributed by atoms with Crippen molar-refractivity contribution in [2.75, 3.05) is 5.32 Å². The van der Waals surface area contributed by atoms with Gasteiger partial charge >= 0.3 is 0 Å². The SMILES string of the molecule is Cn1ccnc1-c1sc(NC(=O)Cc2cn(C)c3ccccc23)nc1-c1ccccc1. The van der Waals surface area contributed by atoms with Crippen LogP contribution < -0.4 is 5.32 Å². The van der Waals surface area contributed by atoms with E-state index in [1.54, 1.807) is 6.20 Å². The predicted octanol–water partition coefficient (Wildman–Crippen LogP) is 4.88. The Labute approximate surface area is 183 Å². The van der Waals surface area contributed by atoms with Gasteiger partial charge in [-0.25, -0.2) is 9.97 Å². The van der Waals surface area contributed by atoms with Gasteiger partial charge in [-0.15, -0.1) is 0 Å². The monoisotopic (exact) mass is 427 g/mol. The summed E-state index contributed by atoms with van der Waals surface area (Å²) in [6.07, 6.45) is 5.98. The molecule has 0 saturated carbocycles. The van der Waals surface area contributed by atoms with Gasteiger partial charge in [0, 0.05) is 49.2 Å². The van der Waals surface area contributed by atoms with Gasteiger partial charge in [-0.1, -0.05) is 59.9 Å². The molecule has 1 amide bonds. The van der Waals surface area contributed by atoms with Crippen molar-refractivity contribution in [1.29, 1.82) is 0 Å². The molecule has 5 aromatic rings. The van der Waals surface area contributed by atoms with Crippen molar-refractivity contribution in [3.05, 3.63) is 78.8 Å². The highest BCUT2D eigenvalue weighted by atomic mass is 32.1. The van der Waals surface area contributed by atoms with Crippen LogP contribution in [0, 0.1) is 0 Å². The molecule has 7 heteroatoms. The first-order valence-electron chi connectivity index (χ1n) is 9.97. The summed E-state index contributed by atoms with van der Waals surface area (Å²) in [4.78, 5) is 23.0. The van der Waals surface area contributed by atoms with Gasteiger partial charge in [0.25, 0.3) is 0 Å². The fourth-order valence-electron chi connectivity index (χ4n) is 3.80. The molecule has 0 aliphatic rings. The molecule has 0 fully saturated rings. The van der Waals surface area contributed by atoms with Gasteiger partial charge in [0.2, 0.25) is 5.91 Å². The van der Waals surface area contributed by atoms with Crippen LogP contribution in [0.15, 0.2) is 73.2 Å². The van der Waals surface area contributed by atoms with Crippen molar-refractivity contribution >= 4 is 33.3 Å². The molecule has 0 atom stereocenters. The molecule has 154 valence electrons. The highest BCUT2D eigenvalue weighted by molar-refractivity contribution is 7.19. The second-order valence-electron chi connectivity index (χ2n) is 7.43. The lowest BCUT2D eigenvalue weighted by Gasteiger charge is -2.02. The Morgan fingerprint density at radius 1 is 1.03 bits per heavy atom. The van der Waals surface area contributed by atoms with Crippen LogP contribution in [0.1, 0.15) is 5.56 Å². The number of fused-ring (bicyclic) bond motifs is 1. The van der Waals surface area contributed by atoms with E-state index in [1.165, 1.54) is 11.3 Å². The van der Waals surface area contributed by atoms with Gasteiger partial charge in [0.05, 0.1) is 17.0 Å². The number of anilines is 1. The lowest BCUT2D eigenvalue weighted by atomic mass is 10.1. The normalized spacial score (nSPS) is 11.2. The summed E-state index contributed by atoms with van der Waals surface area (Å²) in [5, 5.41) is 4.67. The van der Waals surface area contributed by atoms with Crippen molar-refractivity contribution < 1.29 is 4.79 Å². The van der Waals surface area contributed by atoms with Gasteiger partial charge in [-0.05, 0) is 11.6 Å². The molecule has 5 rings (SSSR count). The second kappa shape index (κ2) is 7.85. The first-order chi connectivity index (χ1) is 15.1. The zero-order chi connectivity index (χ0) is 21.4. The zero-order valence-electron chi connectivity index (χ0n) is 17.2. The summed E-state index contributed by atoms with van der Waals surface area (Å²) < 4.78 is 4.01. The quantitative estimate of drug-likeness (QED) is 0.435. The van der Waals surface area contributed by atoms with Crippen molar-refractivity contribution in [2.24, 2.45) is 14.1 Å². The minimum absolute atomic E-state index is 0.0869. The molecular weight excluding hydrogens is 406 g/mol. The highest BCUT2D eigenvalue weighted by Gasteiger charge is 2.19. The number of imidazole rings is 1. The number of aromatic nitrogens is 4. The molecule has 0 aliphatic heterocycles. The molecule has 0 saturated heterocycles. The average molecular weight is 428 g/mol. The maximum absolute atomic E-state index is 12.9. The lowest BCUT2D eigenvalue weighted by molar-refractivity contribution is -0.115. The van der Waals surface area contributed by atoms with Crippen LogP contribution in [0.4, 0.5) is 5.13 Å². The molecular formula is C24H21N5OS. The van der Waals surface area contributed by atoms with Gasteiger partial charge in [-0.3, -0.25) is 4.79 Å². The predicted molar refractivity (Wildman–Crippen MR) is 125 cm³/mol. The highest BCUT2D eigenvalue weighted by Crippen LogP contribution is 2.38. The van der Waals surface area contributed by atoms with E-state index < -0.39 is 0 Å². The Morgan fingerprint density at radius 3 is 2.58 bits per heavy atom. The molecule has 0 aliphatic carbocycles. The fraction of sp³-hybridized carbons (Fsp3) is 0.125. The topological polar surface area (TPSA) is 64.7 Å². The number of carbonyl (C=O) groups is 1. The number of aryl methyl sites for hydroxylation is 2. The number of hydrogen-bond donors (Lipinski definition) is 1. The smallest absolute Gasteiger partial charge is 0.230 e. The van der Waals surface area contributed by atoms with E-state index in [-0.39, 0.29) is 5.91 Å². The van der Waals surface area contributed by atoms with Crippen molar-refractivity contribution in [2.45, 2.75) is 6.42 Å². The largest absolute Gasteiger partial charge is 0.350 e. The van der Waals surface area contributed by atoms with Gasteiger partial charge < -0.3 is 14.5 Å². The minimum atomic E-state index is -0.0869. The number of benzene rings is 2. The van der Waals surface area contributed by atoms with E-state index in [4.69, 9.17) is 4.98 Å². The number of rotatable bonds is 5. The summed E-state index contributed by atoms with van der Waals surface area (Å²) >= 11 is 1.44. The molecule has 0 radical (unpaired) electrons. The van der Waals surface area contributed by atoms with Gasteiger partial charge in [-0.2, -0.15) is 0 Å². The van der Waals surface area contributed by atoms with Crippen LogP contribution >= 0.6 is 11.3 Å². The first kappa shape index (κ1) is 19.3. The zero-order valence-corrected chi connectivity index (χ0v) is 18.1. The Hall–Kier alpha value is -3.71. The fourth-order valence-corrected chi connectivity index (χ4v) is 4.85. The molecule has 31 heavy (non-hydrogen) atoms. The van der Waals surface area contributed by atoms with Crippen LogP contribution in [0.5, 0.6) is 0 Å². The second-order valence-corrected chi connectivity index (χ2v) is 8.43. The average Bonchev–Trinajstić information content (AvgIpc) is 3.47. The number of hydrogen-bond acceptors (Lipinski definition) is 4. The Bertz CT molecular complexity index is 1380. The van der Waals surface area contributed by atoms with Gasteiger partial charge in [0.1, 0.15) is 0 Å². The molecule has 0 bridgehead atoms.